The fraction of sp³-hybridized carbons (Fsp3) is 0.0500. The minimum Gasteiger partial charge on any atom is -0.325 e. The minimum atomic E-state index is -3.71. The molecule has 5 nitrogen and oxygen atoms in total. The molecular formula is C20H17FN2O3S2. The number of rotatable bonds is 7. The molecule has 0 spiro atoms. The molecule has 0 saturated heterocycles. The largest absolute Gasteiger partial charge is 0.325 e. The number of sulfonamides is 1. The lowest BCUT2D eigenvalue weighted by Gasteiger charge is -2.10. The zero-order valence-corrected chi connectivity index (χ0v) is 16.3. The highest BCUT2D eigenvalue weighted by Crippen LogP contribution is 2.21. The van der Waals surface area contributed by atoms with Crippen molar-refractivity contribution in [3.63, 3.8) is 0 Å². The van der Waals surface area contributed by atoms with Gasteiger partial charge in [-0.3, -0.25) is 9.52 Å². The summed E-state index contributed by atoms with van der Waals surface area (Å²) < 4.78 is 40.2. The van der Waals surface area contributed by atoms with Crippen LogP contribution in [0, 0.1) is 5.82 Å². The summed E-state index contributed by atoms with van der Waals surface area (Å²) in [6, 6.07) is 20.4. The van der Waals surface area contributed by atoms with Gasteiger partial charge in [-0.2, -0.15) is 0 Å². The van der Waals surface area contributed by atoms with Crippen LogP contribution in [0.2, 0.25) is 0 Å². The molecule has 1 amide bonds. The highest BCUT2D eigenvalue weighted by Gasteiger charge is 2.13. The van der Waals surface area contributed by atoms with E-state index in [1.165, 1.54) is 36.0 Å². The minimum absolute atomic E-state index is 0.144. The highest BCUT2D eigenvalue weighted by atomic mass is 32.2. The maximum atomic E-state index is 12.9. The van der Waals surface area contributed by atoms with Crippen molar-refractivity contribution in [2.45, 2.75) is 9.79 Å². The number of benzene rings is 3. The number of carbonyl (C=O) groups excluding carboxylic acids is 1. The van der Waals surface area contributed by atoms with Crippen LogP contribution in [-0.4, -0.2) is 20.1 Å². The van der Waals surface area contributed by atoms with Crippen LogP contribution in [0.1, 0.15) is 0 Å². The fourth-order valence-corrected chi connectivity index (χ4v) is 4.12. The molecule has 3 aromatic rings. The van der Waals surface area contributed by atoms with Crippen LogP contribution >= 0.6 is 11.8 Å². The van der Waals surface area contributed by atoms with E-state index in [4.69, 9.17) is 0 Å². The molecule has 3 rings (SSSR count). The van der Waals surface area contributed by atoms with Crippen molar-refractivity contribution in [2.24, 2.45) is 0 Å². The molecular weight excluding hydrogens is 399 g/mol. The van der Waals surface area contributed by atoms with Crippen LogP contribution < -0.4 is 10.0 Å². The van der Waals surface area contributed by atoms with Crippen LogP contribution in [-0.2, 0) is 14.8 Å². The van der Waals surface area contributed by atoms with E-state index in [2.05, 4.69) is 10.0 Å². The Balaban J connectivity index is 1.61. The van der Waals surface area contributed by atoms with E-state index in [-0.39, 0.29) is 22.4 Å². The normalized spacial score (nSPS) is 11.0. The van der Waals surface area contributed by atoms with E-state index in [0.717, 1.165) is 4.90 Å². The van der Waals surface area contributed by atoms with Crippen LogP contribution in [0.5, 0.6) is 0 Å². The van der Waals surface area contributed by atoms with Gasteiger partial charge in [0.1, 0.15) is 5.82 Å². The Hall–Kier alpha value is -2.84. The molecule has 28 heavy (non-hydrogen) atoms. The Labute approximate surface area is 167 Å². The molecule has 0 aromatic heterocycles. The van der Waals surface area contributed by atoms with Crippen LogP contribution in [0.4, 0.5) is 15.8 Å². The quantitative estimate of drug-likeness (QED) is 0.561. The molecule has 3 aromatic carbocycles. The zero-order chi connectivity index (χ0) is 20.0. The Morgan fingerprint density at radius 3 is 2.29 bits per heavy atom. The number of halogens is 1. The first kappa shape index (κ1) is 19.9. The lowest BCUT2D eigenvalue weighted by molar-refractivity contribution is -0.113. The van der Waals surface area contributed by atoms with Crippen molar-refractivity contribution < 1.29 is 17.6 Å². The van der Waals surface area contributed by atoms with Gasteiger partial charge in [0.05, 0.1) is 16.3 Å². The van der Waals surface area contributed by atoms with Crippen molar-refractivity contribution in [1.29, 1.82) is 0 Å². The molecule has 8 heteroatoms. The summed E-state index contributed by atoms with van der Waals surface area (Å²) in [5.74, 6) is -0.438. The first-order valence-corrected chi connectivity index (χ1v) is 10.8. The Morgan fingerprint density at radius 2 is 1.57 bits per heavy atom. The smallest absolute Gasteiger partial charge is 0.261 e. The predicted molar refractivity (Wildman–Crippen MR) is 109 cm³/mol. The lowest BCUT2D eigenvalue weighted by atomic mass is 10.3. The van der Waals surface area contributed by atoms with Crippen molar-refractivity contribution in [2.75, 3.05) is 15.8 Å². The van der Waals surface area contributed by atoms with E-state index in [9.17, 15) is 17.6 Å². The number of carbonyl (C=O) groups is 1. The number of hydrogen-bond donors (Lipinski definition) is 2. The van der Waals surface area contributed by atoms with Gasteiger partial charge in [0.15, 0.2) is 0 Å². The molecule has 0 fully saturated rings. The van der Waals surface area contributed by atoms with Gasteiger partial charge in [-0.15, -0.1) is 11.8 Å². The molecule has 0 saturated carbocycles. The third-order valence-electron chi connectivity index (χ3n) is 3.64. The first-order chi connectivity index (χ1) is 13.4. The number of nitrogens with one attached hydrogen (secondary N) is 2. The summed E-state index contributed by atoms with van der Waals surface area (Å²) in [6.45, 7) is 0. The second kappa shape index (κ2) is 8.90. The first-order valence-electron chi connectivity index (χ1n) is 8.28. The van der Waals surface area contributed by atoms with Crippen LogP contribution in [0.15, 0.2) is 88.7 Å². The van der Waals surface area contributed by atoms with Crippen LogP contribution in [0.25, 0.3) is 0 Å². The van der Waals surface area contributed by atoms with Gasteiger partial charge in [-0.1, -0.05) is 24.3 Å². The number of hydrogen-bond acceptors (Lipinski definition) is 4. The summed E-state index contributed by atoms with van der Waals surface area (Å²) in [7, 11) is -3.71. The van der Waals surface area contributed by atoms with E-state index in [1.54, 1.807) is 54.6 Å². The molecule has 0 unspecified atom stereocenters. The maximum Gasteiger partial charge on any atom is 0.261 e. The molecule has 0 aliphatic carbocycles. The molecule has 0 radical (unpaired) electrons. The van der Waals surface area contributed by atoms with Gasteiger partial charge in [0.25, 0.3) is 10.0 Å². The van der Waals surface area contributed by atoms with Gasteiger partial charge in [-0.25, -0.2) is 12.8 Å². The van der Waals surface area contributed by atoms with Gasteiger partial charge in [-0.05, 0) is 54.6 Å². The van der Waals surface area contributed by atoms with Gasteiger partial charge < -0.3 is 5.32 Å². The maximum absolute atomic E-state index is 12.9. The Bertz CT molecular complexity index is 1060. The lowest BCUT2D eigenvalue weighted by Crippen LogP contribution is -2.15. The average Bonchev–Trinajstić information content (AvgIpc) is 2.68. The van der Waals surface area contributed by atoms with E-state index >= 15 is 0 Å². The second-order valence-corrected chi connectivity index (χ2v) is 8.52. The number of amides is 1. The Kier molecular flexibility index (Phi) is 6.33. The van der Waals surface area contributed by atoms with E-state index < -0.39 is 10.0 Å². The van der Waals surface area contributed by atoms with Crippen molar-refractivity contribution in [3.8, 4) is 0 Å². The van der Waals surface area contributed by atoms with Crippen molar-refractivity contribution in [1.82, 2.24) is 0 Å². The SMILES string of the molecule is O=C(CSc1ccc(F)cc1)Nc1cccc(NS(=O)(=O)c2ccccc2)c1. The summed E-state index contributed by atoms with van der Waals surface area (Å²) in [6.07, 6.45) is 0. The van der Waals surface area contributed by atoms with E-state index in [1.807, 2.05) is 0 Å². The van der Waals surface area contributed by atoms with Gasteiger partial charge in [0.2, 0.25) is 5.91 Å². The number of thioether (sulfide) groups is 1. The van der Waals surface area contributed by atoms with Gasteiger partial charge >= 0.3 is 0 Å². The molecule has 0 aliphatic heterocycles. The predicted octanol–water partition coefficient (Wildman–Crippen LogP) is 4.36. The van der Waals surface area contributed by atoms with Crippen molar-refractivity contribution in [3.05, 3.63) is 84.7 Å². The molecule has 144 valence electrons. The molecule has 2 N–H and O–H groups in total. The second-order valence-electron chi connectivity index (χ2n) is 5.79. The van der Waals surface area contributed by atoms with Gasteiger partial charge in [0, 0.05) is 10.6 Å². The molecule has 0 atom stereocenters. The Morgan fingerprint density at radius 1 is 0.893 bits per heavy atom. The summed E-state index contributed by atoms with van der Waals surface area (Å²) in [5.41, 5.74) is 0.811. The molecule has 0 aliphatic rings. The number of anilines is 2. The monoisotopic (exact) mass is 416 g/mol. The summed E-state index contributed by atoms with van der Waals surface area (Å²) >= 11 is 1.28. The standard InChI is InChI=1S/C20H17FN2O3S2/c21-15-9-11-18(12-10-15)27-14-20(24)22-16-5-4-6-17(13-16)23-28(25,26)19-7-2-1-3-8-19/h1-13,23H,14H2,(H,22,24). The average molecular weight is 416 g/mol. The zero-order valence-electron chi connectivity index (χ0n) is 14.6. The third-order valence-corrected chi connectivity index (χ3v) is 6.04. The fourth-order valence-electron chi connectivity index (χ4n) is 2.35. The topological polar surface area (TPSA) is 75.3 Å². The molecule has 0 bridgehead atoms. The van der Waals surface area contributed by atoms with Crippen LogP contribution in [0.3, 0.4) is 0 Å². The third kappa shape index (κ3) is 5.58. The van der Waals surface area contributed by atoms with E-state index in [0.29, 0.717) is 11.4 Å². The summed E-state index contributed by atoms with van der Waals surface area (Å²) in [4.78, 5) is 13.1. The summed E-state index contributed by atoms with van der Waals surface area (Å²) in [5, 5.41) is 2.72. The van der Waals surface area contributed by atoms with Crippen molar-refractivity contribution >= 4 is 39.1 Å². The molecule has 0 heterocycles. The highest BCUT2D eigenvalue weighted by molar-refractivity contribution is 8.00.